The fourth-order valence-corrected chi connectivity index (χ4v) is 2.09. The van der Waals surface area contributed by atoms with Crippen molar-refractivity contribution >= 4 is 29.2 Å². The Morgan fingerprint density at radius 1 is 1.04 bits per heavy atom. The van der Waals surface area contributed by atoms with Gasteiger partial charge in [0.15, 0.2) is 0 Å². The molecule has 0 heterocycles. The van der Waals surface area contributed by atoms with Crippen molar-refractivity contribution in [2.24, 2.45) is 0 Å². The van der Waals surface area contributed by atoms with Crippen molar-refractivity contribution in [3.05, 3.63) is 64.7 Å². The van der Waals surface area contributed by atoms with Crippen molar-refractivity contribution in [1.82, 2.24) is 0 Å². The summed E-state index contributed by atoms with van der Waals surface area (Å²) in [6.07, 6.45) is 0. The van der Waals surface area contributed by atoms with E-state index < -0.39 is 11.6 Å². The first-order valence-electron chi connectivity index (χ1n) is 7.15. The van der Waals surface area contributed by atoms with E-state index in [-0.39, 0.29) is 22.1 Å². The number of halogens is 1. The van der Waals surface area contributed by atoms with Crippen LogP contribution in [0.2, 0.25) is 5.02 Å². The van der Waals surface area contributed by atoms with Gasteiger partial charge in [0.2, 0.25) is 0 Å². The second-order valence-corrected chi connectivity index (χ2v) is 6.42. The average Bonchev–Trinajstić information content (AvgIpc) is 2.46. The molecule has 0 aliphatic rings. The van der Waals surface area contributed by atoms with Crippen LogP contribution in [0.4, 0.5) is 5.69 Å². The Kier molecular flexibility index (Phi) is 5.06. The van der Waals surface area contributed by atoms with Crippen LogP contribution < -0.4 is 5.32 Å². The minimum Gasteiger partial charge on any atom is -0.456 e. The minimum atomic E-state index is -0.608. The van der Waals surface area contributed by atoms with E-state index >= 15 is 0 Å². The summed E-state index contributed by atoms with van der Waals surface area (Å²) in [4.78, 5) is 24.5. The largest absolute Gasteiger partial charge is 0.456 e. The van der Waals surface area contributed by atoms with Crippen molar-refractivity contribution in [3.8, 4) is 0 Å². The van der Waals surface area contributed by atoms with Crippen LogP contribution in [0.25, 0.3) is 0 Å². The maximum absolute atomic E-state index is 12.3. The quantitative estimate of drug-likeness (QED) is 0.839. The molecule has 2 rings (SSSR count). The molecule has 23 heavy (non-hydrogen) atoms. The molecular formula is C18H18ClNO3. The number of hydrogen-bond donors (Lipinski definition) is 1. The van der Waals surface area contributed by atoms with Crippen LogP contribution in [0.1, 0.15) is 41.5 Å². The highest BCUT2D eigenvalue weighted by molar-refractivity contribution is 6.34. The second-order valence-electron chi connectivity index (χ2n) is 6.02. The van der Waals surface area contributed by atoms with E-state index in [9.17, 15) is 9.59 Å². The summed E-state index contributed by atoms with van der Waals surface area (Å²) in [5.41, 5.74) is 0.543. The van der Waals surface area contributed by atoms with E-state index in [4.69, 9.17) is 16.3 Å². The summed E-state index contributed by atoms with van der Waals surface area (Å²) in [6.45, 7) is 5.34. The Hall–Kier alpha value is -2.33. The first kappa shape index (κ1) is 17.0. The molecule has 0 aliphatic heterocycles. The number of para-hydroxylation sites is 1. The molecule has 0 saturated carbocycles. The van der Waals surface area contributed by atoms with Crippen LogP contribution in [-0.2, 0) is 4.74 Å². The lowest BCUT2D eigenvalue weighted by atomic mass is 10.1. The van der Waals surface area contributed by atoms with Gasteiger partial charge in [-0.2, -0.15) is 0 Å². The van der Waals surface area contributed by atoms with Crippen LogP contribution in [-0.4, -0.2) is 17.5 Å². The zero-order valence-electron chi connectivity index (χ0n) is 13.2. The molecule has 4 nitrogen and oxygen atoms in total. The summed E-state index contributed by atoms with van der Waals surface area (Å²) in [6, 6.07) is 13.5. The van der Waals surface area contributed by atoms with Gasteiger partial charge in [0, 0.05) is 5.69 Å². The van der Waals surface area contributed by atoms with Gasteiger partial charge in [0.05, 0.1) is 16.1 Å². The Balaban J connectivity index is 2.23. The number of amides is 1. The number of carbonyl (C=O) groups is 2. The number of esters is 1. The van der Waals surface area contributed by atoms with Gasteiger partial charge >= 0.3 is 5.97 Å². The topological polar surface area (TPSA) is 55.4 Å². The molecule has 0 radical (unpaired) electrons. The van der Waals surface area contributed by atoms with E-state index in [0.717, 1.165) is 0 Å². The predicted molar refractivity (Wildman–Crippen MR) is 91.0 cm³/mol. The van der Waals surface area contributed by atoms with Crippen molar-refractivity contribution in [3.63, 3.8) is 0 Å². The van der Waals surface area contributed by atoms with Crippen LogP contribution >= 0.6 is 11.6 Å². The molecule has 0 atom stereocenters. The summed E-state index contributed by atoms with van der Waals surface area (Å²) in [7, 11) is 0. The average molecular weight is 332 g/mol. The number of benzene rings is 2. The van der Waals surface area contributed by atoms with Gasteiger partial charge in [-0.15, -0.1) is 0 Å². The summed E-state index contributed by atoms with van der Waals surface area (Å²) < 4.78 is 5.30. The minimum absolute atomic E-state index is 0.221. The monoisotopic (exact) mass is 331 g/mol. The Labute approximate surface area is 140 Å². The van der Waals surface area contributed by atoms with Gasteiger partial charge in [0.25, 0.3) is 5.91 Å². The van der Waals surface area contributed by atoms with E-state index in [1.807, 2.05) is 18.2 Å². The maximum atomic E-state index is 12.3. The number of anilines is 1. The Morgan fingerprint density at radius 2 is 1.70 bits per heavy atom. The van der Waals surface area contributed by atoms with Gasteiger partial charge in [-0.3, -0.25) is 4.79 Å². The molecule has 5 heteroatoms. The lowest BCUT2D eigenvalue weighted by Gasteiger charge is -2.19. The number of hydrogen-bond acceptors (Lipinski definition) is 3. The molecule has 0 fully saturated rings. The van der Waals surface area contributed by atoms with Crippen molar-refractivity contribution < 1.29 is 14.3 Å². The van der Waals surface area contributed by atoms with Crippen molar-refractivity contribution in [1.29, 1.82) is 0 Å². The molecule has 1 amide bonds. The third-order valence-electron chi connectivity index (χ3n) is 2.88. The highest BCUT2D eigenvalue weighted by atomic mass is 35.5. The molecule has 2 aromatic rings. The van der Waals surface area contributed by atoms with E-state index in [1.165, 1.54) is 18.2 Å². The van der Waals surface area contributed by atoms with Gasteiger partial charge in [-0.05, 0) is 51.1 Å². The molecule has 0 saturated heterocycles. The number of carbonyl (C=O) groups excluding carboxylic acids is 2. The van der Waals surface area contributed by atoms with Gasteiger partial charge in [-0.1, -0.05) is 29.8 Å². The van der Waals surface area contributed by atoms with Crippen LogP contribution in [0.15, 0.2) is 48.5 Å². The van der Waals surface area contributed by atoms with E-state index in [1.54, 1.807) is 32.9 Å². The summed E-state index contributed by atoms with van der Waals surface area (Å²) in [5.74, 6) is -0.880. The third kappa shape index (κ3) is 4.83. The Bertz CT molecular complexity index is 721. The molecule has 0 aliphatic carbocycles. The molecule has 120 valence electrons. The van der Waals surface area contributed by atoms with Crippen LogP contribution in [0.5, 0.6) is 0 Å². The summed E-state index contributed by atoms with van der Waals surface area (Å²) in [5, 5.41) is 3.01. The normalized spacial score (nSPS) is 11.0. The van der Waals surface area contributed by atoms with Crippen LogP contribution in [0.3, 0.4) is 0 Å². The molecule has 1 N–H and O–H groups in total. The van der Waals surface area contributed by atoms with Gasteiger partial charge < -0.3 is 10.1 Å². The van der Waals surface area contributed by atoms with Crippen molar-refractivity contribution in [2.75, 3.05) is 5.32 Å². The highest BCUT2D eigenvalue weighted by Gasteiger charge is 2.20. The molecule has 2 aromatic carbocycles. The molecule has 0 unspecified atom stereocenters. The van der Waals surface area contributed by atoms with Crippen LogP contribution in [0, 0.1) is 0 Å². The third-order valence-corrected chi connectivity index (χ3v) is 3.21. The lowest BCUT2D eigenvalue weighted by molar-refractivity contribution is 0.00695. The molecular weight excluding hydrogens is 314 g/mol. The molecule has 0 aromatic heterocycles. The first-order valence-corrected chi connectivity index (χ1v) is 7.53. The summed E-state index contributed by atoms with van der Waals surface area (Å²) >= 11 is 6.08. The predicted octanol–water partition coefficient (Wildman–Crippen LogP) is 4.55. The number of ether oxygens (including phenoxy) is 1. The SMILES string of the molecule is CC(C)(C)OC(=O)c1ccc(Cl)c(C(=O)Nc2ccccc2)c1. The number of nitrogens with one attached hydrogen (secondary N) is 1. The maximum Gasteiger partial charge on any atom is 0.338 e. The van der Waals surface area contributed by atoms with Gasteiger partial charge in [-0.25, -0.2) is 4.79 Å². The molecule has 0 bridgehead atoms. The second kappa shape index (κ2) is 6.84. The zero-order chi connectivity index (χ0) is 17.0. The van der Waals surface area contributed by atoms with E-state index in [2.05, 4.69) is 5.32 Å². The highest BCUT2D eigenvalue weighted by Crippen LogP contribution is 2.21. The fourth-order valence-electron chi connectivity index (χ4n) is 1.88. The molecule has 0 spiro atoms. The fraction of sp³-hybridized carbons (Fsp3) is 0.222. The smallest absolute Gasteiger partial charge is 0.338 e. The zero-order valence-corrected chi connectivity index (χ0v) is 14.0. The standard InChI is InChI=1S/C18H18ClNO3/c1-18(2,3)23-17(22)12-9-10-15(19)14(11-12)16(21)20-13-7-5-4-6-8-13/h4-11H,1-3H3,(H,20,21). The lowest BCUT2D eigenvalue weighted by Crippen LogP contribution is -2.24. The van der Waals surface area contributed by atoms with Crippen molar-refractivity contribution in [2.45, 2.75) is 26.4 Å². The van der Waals surface area contributed by atoms with Gasteiger partial charge in [0.1, 0.15) is 5.60 Å². The Morgan fingerprint density at radius 3 is 2.30 bits per heavy atom. The number of rotatable bonds is 3. The first-order chi connectivity index (χ1) is 10.8. The van der Waals surface area contributed by atoms with E-state index in [0.29, 0.717) is 5.69 Å².